The average Bonchev–Trinajstić information content (AvgIpc) is 2.86. The molecular weight excluding hydrogens is 400 g/mol. The predicted molar refractivity (Wildman–Crippen MR) is 109 cm³/mol. The van der Waals surface area contributed by atoms with Crippen LogP contribution in [-0.2, 0) is 14.3 Å². The molecule has 146 valence electrons. The molecule has 0 unspecified atom stereocenters. The minimum atomic E-state index is -0.633. The van der Waals surface area contributed by atoms with Crippen molar-refractivity contribution >= 4 is 46.8 Å². The molecule has 2 aromatic rings. The van der Waals surface area contributed by atoms with Crippen LogP contribution in [0.3, 0.4) is 0 Å². The molecule has 0 aromatic heterocycles. The van der Waals surface area contributed by atoms with E-state index in [1.807, 2.05) is 18.2 Å². The van der Waals surface area contributed by atoms with E-state index in [1.165, 1.54) is 0 Å². The highest BCUT2D eigenvalue weighted by atomic mass is 35.5. The lowest BCUT2D eigenvalue weighted by Crippen LogP contribution is -2.31. The van der Waals surface area contributed by atoms with E-state index in [1.54, 1.807) is 43.0 Å². The van der Waals surface area contributed by atoms with Crippen LogP contribution < -0.4 is 10.6 Å². The average molecular weight is 419 g/mol. The third kappa shape index (κ3) is 5.05. The third-order valence-electron chi connectivity index (χ3n) is 4.16. The van der Waals surface area contributed by atoms with E-state index in [0.717, 1.165) is 10.5 Å². The monoisotopic (exact) mass is 418 g/mol. The second-order valence-electron chi connectivity index (χ2n) is 6.24. The number of amides is 2. The molecule has 6 nitrogen and oxygen atoms in total. The molecule has 0 saturated heterocycles. The first kappa shape index (κ1) is 20.2. The van der Waals surface area contributed by atoms with Crippen molar-refractivity contribution in [2.24, 2.45) is 0 Å². The van der Waals surface area contributed by atoms with Crippen molar-refractivity contribution in [3.8, 4) is 0 Å². The first-order chi connectivity index (χ1) is 13.4. The molecule has 1 aliphatic heterocycles. The van der Waals surface area contributed by atoms with Gasteiger partial charge in [-0.15, -0.1) is 11.8 Å². The number of nitrogens with one attached hydrogen (secondary N) is 2. The molecule has 0 radical (unpaired) electrons. The number of esters is 1. The number of hydrogen-bond acceptors (Lipinski definition) is 5. The summed E-state index contributed by atoms with van der Waals surface area (Å²) >= 11 is 7.67. The van der Waals surface area contributed by atoms with Crippen LogP contribution in [0.5, 0.6) is 0 Å². The number of anilines is 1. The number of hydrogen-bond donors (Lipinski definition) is 2. The van der Waals surface area contributed by atoms with Gasteiger partial charge in [0.05, 0.1) is 17.3 Å². The quantitative estimate of drug-likeness (QED) is 0.721. The lowest BCUT2D eigenvalue weighted by Gasteiger charge is -2.15. The van der Waals surface area contributed by atoms with E-state index in [2.05, 4.69) is 10.6 Å². The Labute approximate surface area is 172 Å². The maximum Gasteiger partial charge on any atom is 0.338 e. The number of benzene rings is 2. The SMILES string of the molecule is C[C@H](NC(=O)COC(=O)c1ccc2c(c1)NC(=O)CCS2)c1ccccc1Cl. The Morgan fingerprint density at radius 2 is 2.07 bits per heavy atom. The molecule has 2 aromatic carbocycles. The Hall–Kier alpha value is -2.51. The van der Waals surface area contributed by atoms with Gasteiger partial charge in [-0.25, -0.2) is 4.79 Å². The summed E-state index contributed by atoms with van der Waals surface area (Å²) < 4.78 is 5.10. The van der Waals surface area contributed by atoms with Gasteiger partial charge in [-0.05, 0) is 36.8 Å². The maximum absolute atomic E-state index is 12.3. The van der Waals surface area contributed by atoms with Crippen molar-refractivity contribution in [3.05, 3.63) is 58.6 Å². The predicted octanol–water partition coefficient (Wildman–Crippen LogP) is 3.81. The Morgan fingerprint density at radius 1 is 1.29 bits per heavy atom. The zero-order chi connectivity index (χ0) is 20.1. The van der Waals surface area contributed by atoms with Gasteiger partial charge < -0.3 is 15.4 Å². The van der Waals surface area contributed by atoms with Crippen LogP contribution in [0.4, 0.5) is 5.69 Å². The number of fused-ring (bicyclic) bond motifs is 1. The largest absolute Gasteiger partial charge is 0.452 e. The van der Waals surface area contributed by atoms with Gasteiger partial charge in [0.25, 0.3) is 5.91 Å². The van der Waals surface area contributed by atoms with Crippen LogP contribution in [-0.4, -0.2) is 30.1 Å². The zero-order valence-electron chi connectivity index (χ0n) is 15.2. The molecule has 3 rings (SSSR count). The minimum Gasteiger partial charge on any atom is -0.452 e. The normalized spacial score (nSPS) is 14.3. The fourth-order valence-corrected chi connectivity index (χ4v) is 3.98. The van der Waals surface area contributed by atoms with Crippen LogP contribution in [0.25, 0.3) is 0 Å². The highest BCUT2D eigenvalue weighted by Crippen LogP contribution is 2.31. The van der Waals surface area contributed by atoms with Crippen LogP contribution in [0, 0.1) is 0 Å². The molecule has 1 atom stereocenters. The number of thioether (sulfide) groups is 1. The van der Waals surface area contributed by atoms with Crippen molar-refractivity contribution in [2.45, 2.75) is 24.3 Å². The van der Waals surface area contributed by atoms with Crippen LogP contribution in [0.15, 0.2) is 47.4 Å². The fraction of sp³-hybridized carbons (Fsp3) is 0.250. The summed E-state index contributed by atoms with van der Waals surface area (Å²) in [5.74, 6) is -0.470. The molecule has 0 saturated carbocycles. The highest BCUT2D eigenvalue weighted by molar-refractivity contribution is 7.99. The molecule has 1 aliphatic rings. The van der Waals surface area contributed by atoms with Gasteiger partial charge in [-0.2, -0.15) is 0 Å². The second kappa shape index (κ2) is 9.12. The number of carbonyl (C=O) groups is 3. The van der Waals surface area contributed by atoms with E-state index in [0.29, 0.717) is 22.9 Å². The molecule has 8 heteroatoms. The highest BCUT2D eigenvalue weighted by Gasteiger charge is 2.18. The number of rotatable bonds is 5. The molecule has 0 fully saturated rings. The Morgan fingerprint density at radius 3 is 2.86 bits per heavy atom. The number of ether oxygens (including phenoxy) is 1. The van der Waals surface area contributed by atoms with Crippen molar-refractivity contribution < 1.29 is 19.1 Å². The summed E-state index contributed by atoms with van der Waals surface area (Å²) in [5.41, 5.74) is 1.63. The Kier molecular flexibility index (Phi) is 6.59. The maximum atomic E-state index is 12.3. The summed E-state index contributed by atoms with van der Waals surface area (Å²) in [6.45, 7) is 1.39. The fourth-order valence-electron chi connectivity index (χ4n) is 2.75. The summed E-state index contributed by atoms with van der Waals surface area (Å²) in [6.07, 6.45) is 0.420. The van der Waals surface area contributed by atoms with E-state index in [4.69, 9.17) is 16.3 Å². The lowest BCUT2D eigenvalue weighted by molar-refractivity contribution is -0.124. The smallest absolute Gasteiger partial charge is 0.338 e. The Balaban J connectivity index is 1.57. The van der Waals surface area contributed by atoms with Gasteiger partial charge in [-0.1, -0.05) is 29.8 Å². The van der Waals surface area contributed by atoms with Crippen molar-refractivity contribution in [2.75, 3.05) is 17.7 Å². The van der Waals surface area contributed by atoms with Gasteiger partial charge >= 0.3 is 5.97 Å². The summed E-state index contributed by atoms with van der Waals surface area (Å²) in [6, 6.07) is 11.8. The number of halogens is 1. The molecule has 28 heavy (non-hydrogen) atoms. The molecule has 0 aliphatic carbocycles. The molecular formula is C20H19ClN2O4S. The third-order valence-corrected chi connectivity index (χ3v) is 5.58. The first-order valence-electron chi connectivity index (χ1n) is 8.71. The van der Waals surface area contributed by atoms with E-state index < -0.39 is 18.5 Å². The second-order valence-corrected chi connectivity index (χ2v) is 7.79. The minimum absolute atomic E-state index is 0.0929. The van der Waals surface area contributed by atoms with E-state index in [-0.39, 0.29) is 17.5 Å². The van der Waals surface area contributed by atoms with E-state index >= 15 is 0 Å². The molecule has 2 N–H and O–H groups in total. The van der Waals surface area contributed by atoms with Gasteiger partial charge in [-0.3, -0.25) is 9.59 Å². The topological polar surface area (TPSA) is 84.5 Å². The van der Waals surface area contributed by atoms with Gasteiger partial charge in [0.1, 0.15) is 0 Å². The van der Waals surface area contributed by atoms with Gasteiger partial charge in [0, 0.05) is 22.1 Å². The van der Waals surface area contributed by atoms with Gasteiger partial charge in [0.2, 0.25) is 5.91 Å². The zero-order valence-corrected chi connectivity index (χ0v) is 16.7. The summed E-state index contributed by atoms with van der Waals surface area (Å²) in [4.78, 5) is 37.0. The lowest BCUT2D eigenvalue weighted by atomic mass is 10.1. The van der Waals surface area contributed by atoms with Crippen LogP contribution >= 0.6 is 23.4 Å². The molecule has 0 bridgehead atoms. The molecule has 2 amide bonds. The first-order valence-corrected chi connectivity index (χ1v) is 10.1. The van der Waals surface area contributed by atoms with Crippen molar-refractivity contribution in [1.29, 1.82) is 0 Å². The summed E-state index contributed by atoms with van der Waals surface area (Å²) in [5, 5.41) is 6.07. The van der Waals surface area contributed by atoms with Crippen molar-refractivity contribution in [1.82, 2.24) is 5.32 Å². The number of carbonyl (C=O) groups excluding carboxylic acids is 3. The van der Waals surface area contributed by atoms with Crippen LogP contribution in [0.2, 0.25) is 5.02 Å². The van der Waals surface area contributed by atoms with Crippen LogP contribution in [0.1, 0.15) is 35.3 Å². The Bertz CT molecular complexity index is 919. The molecule has 1 heterocycles. The molecule has 0 spiro atoms. The standard InChI is InChI=1S/C20H19ClN2O4S/c1-12(14-4-2-3-5-15(14)21)22-19(25)11-27-20(26)13-6-7-17-16(10-13)23-18(24)8-9-28-17/h2-7,10,12H,8-9,11H2,1H3,(H,22,25)(H,23,24)/t12-/m0/s1. The van der Waals surface area contributed by atoms with Gasteiger partial charge in [0.15, 0.2) is 6.61 Å². The van der Waals surface area contributed by atoms with Crippen molar-refractivity contribution in [3.63, 3.8) is 0 Å². The van der Waals surface area contributed by atoms with E-state index in [9.17, 15) is 14.4 Å². The summed E-state index contributed by atoms with van der Waals surface area (Å²) in [7, 11) is 0.